The molecule has 1 aromatic heterocycles. The van der Waals surface area contributed by atoms with Crippen LogP contribution < -0.4 is 4.90 Å². The second-order valence-corrected chi connectivity index (χ2v) is 7.59. The monoisotopic (exact) mass is 315 g/mol. The second kappa shape index (κ2) is 5.02. The zero-order valence-corrected chi connectivity index (χ0v) is 14.1. The van der Waals surface area contributed by atoms with Gasteiger partial charge in [0.25, 0.3) is 0 Å². The first-order valence-electron chi connectivity index (χ1n) is 8.07. The van der Waals surface area contributed by atoms with Crippen LogP contribution in [0.15, 0.2) is 30.6 Å². The number of fused-ring (bicyclic) bond motifs is 1. The van der Waals surface area contributed by atoms with E-state index in [4.69, 9.17) is 11.6 Å². The van der Waals surface area contributed by atoms with E-state index < -0.39 is 0 Å². The van der Waals surface area contributed by atoms with Gasteiger partial charge < -0.3 is 4.90 Å². The van der Waals surface area contributed by atoms with Gasteiger partial charge in [0.05, 0.1) is 6.20 Å². The van der Waals surface area contributed by atoms with E-state index in [1.54, 1.807) is 0 Å². The molecular weight excluding hydrogens is 294 g/mol. The maximum Gasteiger partial charge on any atom is 0.0568 e. The lowest BCUT2D eigenvalue weighted by Gasteiger charge is -2.24. The highest BCUT2D eigenvalue weighted by Gasteiger charge is 2.56. The second-order valence-electron chi connectivity index (χ2n) is 7.15. The van der Waals surface area contributed by atoms with E-state index in [-0.39, 0.29) is 0 Å². The molecule has 0 radical (unpaired) electrons. The fourth-order valence-corrected chi connectivity index (χ4v) is 4.49. The molecule has 1 aliphatic heterocycles. The van der Waals surface area contributed by atoms with E-state index in [1.165, 1.54) is 18.8 Å². The molecule has 2 aliphatic rings. The van der Waals surface area contributed by atoms with E-state index in [2.05, 4.69) is 36.0 Å². The molecule has 4 rings (SSSR count). The number of halogens is 1. The van der Waals surface area contributed by atoms with Crippen molar-refractivity contribution in [2.45, 2.75) is 13.8 Å². The smallest absolute Gasteiger partial charge is 0.0568 e. The fraction of sp³-hybridized carbons (Fsp3) is 0.500. The van der Waals surface area contributed by atoms with Crippen LogP contribution in [0.4, 0.5) is 5.69 Å². The van der Waals surface area contributed by atoms with E-state index in [0.717, 1.165) is 39.8 Å². The SMILES string of the molecule is CC(C)C1C2CN(c3cc(Cl)cc(-c4cnn(C)c4)c3)CC21. The fourth-order valence-electron chi connectivity index (χ4n) is 4.27. The third kappa shape index (κ3) is 2.32. The third-order valence-electron chi connectivity index (χ3n) is 5.32. The summed E-state index contributed by atoms with van der Waals surface area (Å²) in [6, 6.07) is 6.37. The number of aryl methyl sites for hydroxylation is 1. The molecule has 22 heavy (non-hydrogen) atoms. The first-order chi connectivity index (χ1) is 10.5. The van der Waals surface area contributed by atoms with Crippen molar-refractivity contribution < 1.29 is 0 Å². The summed E-state index contributed by atoms with van der Waals surface area (Å²) >= 11 is 6.36. The zero-order chi connectivity index (χ0) is 15.4. The van der Waals surface area contributed by atoms with Gasteiger partial charge in [-0.1, -0.05) is 25.4 Å². The van der Waals surface area contributed by atoms with Crippen molar-refractivity contribution >= 4 is 17.3 Å². The lowest BCUT2D eigenvalue weighted by Crippen LogP contribution is -2.25. The lowest BCUT2D eigenvalue weighted by molar-refractivity contribution is 0.480. The van der Waals surface area contributed by atoms with Crippen molar-refractivity contribution in [3.8, 4) is 11.1 Å². The molecule has 2 heterocycles. The Hall–Kier alpha value is -1.48. The number of hydrogen-bond acceptors (Lipinski definition) is 2. The lowest BCUT2D eigenvalue weighted by atomic mass is 10.0. The van der Waals surface area contributed by atoms with Crippen LogP contribution in [0.1, 0.15) is 13.8 Å². The average Bonchev–Trinajstić information content (AvgIpc) is 2.83. The number of aromatic nitrogens is 2. The minimum atomic E-state index is 0.803. The summed E-state index contributed by atoms with van der Waals surface area (Å²) in [5.41, 5.74) is 3.52. The van der Waals surface area contributed by atoms with E-state index in [9.17, 15) is 0 Å². The summed E-state index contributed by atoms with van der Waals surface area (Å²) in [5, 5.41) is 5.06. The Balaban J connectivity index is 1.58. The van der Waals surface area contributed by atoms with Crippen LogP contribution in [0, 0.1) is 23.7 Å². The molecule has 2 fully saturated rings. The van der Waals surface area contributed by atoms with Crippen molar-refractivity contribution in [2.75, 3.05) is 18.0 Å². The molecule has 2 unspecified atom stereocenters. The normalized spacial score (nSPS) is 26.6. The summed E-state index contributed by atoms with van der Waals surface area (Å²) in [7, 11) is 1.94. The largest absolute Gasteiger partial charge is 0.371 e. The number of benzene rings is 1. The van der Waals surface area contributed by atoms with Gasteiger partial charge in [0.2, 0.25) is 0 Å². The van der Waals surface area contributed by atoms with Gasteiger partial charge in [0.1, 0.15) is 0 Å². The third-order valence-corrected chi connectivity index (χ3v) is 5.53. The molecule has 0 N–H and O–H groups in total. The van der Waals surface area contributed by atoms with Crippen LogP contribution in [-0.4, -0.2) is 22.9 Å². The molecule has 3 nitrogen and oxygen atoms in total. The van der Waals surface area contributed by atoms with Crippen molar-refractivity contribution in [2.24, 2.45) is 30.7 Å². The summed E-state index contributed by atoms with van der Waals surface area (Å²) in [6.07, 6.45) is 3.93. The molecule has 116 valence electrons. The highest BCUT2D eigenvalue weighted by Crippen LogP contribution is 2.56. The van der Waals surface area contributed by atoms with E-state index >= 15 is 0 Å². The Morgan fingerprint density at radius 3 is 2.45 bits per heavy atom. The molecule has 0 amide bonds. The van der Waals surface area contributed by atoms with Gasteiger partial charge >= 0.3 is 0 Å². The van der Waals surface area contributed by atoms with Gasteiger partial charge in [0, 0.05) is 42.6 Å². The van der Waals surface area contributed by atoms with Crippen molar-refractivity contribution in [1.82, 2.24) is 9.78 Å². The average molecular weight is 316 g/mol. The molecule has 0 bridgehead atoms. The molecule has 1 aromatic carbocycles. The Bertz CT molecular complexity index is 694. The van der Waals surface area contributed by atoms with Crippen LogP contribution >= 0.6 is 11.6 Å². The minimum Gasteiger partial charge on any atom is -0.371 e. The van der Waals surface area contributed by atoms with Gasteiger partial charge in [-0.2, -0.15) is 5.10 Å². The predicted molar refractivity (Wildman–Crippen MR) is 91.2 cm³/mol. The molecule has 2 atom stereocenters. The molecule has 1 aliphatic carbocycles. The maximum absolute atomic E-state index is 6.36. The first-order valence-corrected chi connectivity index (χ1v) is 8.45. The number of piperidine rings is 1. The topological polar surface area (TPSA) is 21.1 Å². The standard InChI is InChI=1S/C18H22ClN3/c1-11(2)18-16-9-22(10-17(16)18)15-5-12(4-14(19)6-15)13-7-20-21(3)8-13/h4-8,11,16-18H,9-10H2,1-3H3. The Labute approximate surface area is 136 Å². The number of anilines is 1. The summed E-state index contributed by atoms with van der Waals surface area (Å²) in [5.74, 6) is 3.54. The number of hydrogen-bond donors (Lipinski definition) is 0. The highest BCUT2D eigenvalue weighted by atomic mass is 35.5. The molecule has 2 aromatic rings. The summed E-state index contributed by atoms with van der Waals surface area (Å²) < 4.78 is 1.83. The van der Waals surface area contributed by atoms with Gasteiger partial charge in [-0.15, -0.1) is 0 Å². The minimum absolute atomic E-state index is 0.803. The molecule has 1 saturated carbocycles. The molecule has 0 spiro atoms. The van der Waals surface area contributed by atoms with Crippen LogP contribution in [0.3, 0.4) is 0 Å². The van der Waals surface area contributed by atoms with E-state index in [0.29, 0.717) is 0 Å². The van der Waals surface area contributed by atoms with Crippen LogP contribution in [0.25, 0.3) is 11.1 Å². The van der Waals surface area contributed by atoms with Crippen molar-refractivity contribution in [3.05, 3.63) is 35.6 Å². The molecular formula is C18H22ClN3. The number of nitrogens with zero attached hydrogens (tertiary/aromatic N) is 3. The van der Waals surface area contributed by atoms with Gasteiger partial charge in [-0.25, -0.2) is 0 Å². The summed E-state index contributed by atoms with van der Waals surface area (Å²) in [6.45, 7) is 7.07. The van der Waals surface area contributed by atoms with E-state index in [1.807, 2.05) is 30.2 Å². The predicted octanol–water partition coefficient (Wildman–Crippen LogP) is 4.08. The zero-order valence-electron chi connectivity index (χ0n) is 13.3. The van der Waals surface area contributed by atoms with Crippen LogP contribution in [0.2, 0.25) is 5.02 Å². The highest BCUT2D eigenvalue weighted by molar-refractivity contribution is 6.31. The molecule has 4 heteroatoms. The maximum atomic E-state index is 6.36. The van der Waals surface area contributed by atoms with Crippen molar-refractivity contribution in [3.63, 3.8) is 0 Å². The quantitative estimate of drug-likeness (QED) is 0.851. The summed E-state index contributed by atoms with van der Waals surface area (Å²) in [4.78, 5) is 2.50. The van der Waals surface area contributed by atoms with Crippen molar-refractivity contribution in [1.29, 1.82) is 0 Å². The molecule has 1 saturated heterocycles. The Morgan fingerprint density at radius 1 is 1.14 bits per heavy atom. The van der Waals surface area contributed by atoms with Crippen LogP contribution in [-0.2, 0) is 7.05 Å². The first kappa shape index (κ1) is 14.1. The van der Waals surface area contributed by atoms with Gasteiger partial charge in [-0.05, 0) is 47.4 Å². The van der Waals surface area contributed by atoms with Gasteiger partial charge in [-0.3, -0.25) is 4.68 Å². The Kier molecular flexibility index (Phi) is 3.23. The van der Waals surface area contributed by atoms with Gasteiger partial charge in [0.15, 0.2) is 0 Å². The Morgan fingerprint density at radius 2 is 1.86 bits per heavy atom. The number of rotatable bonds is 3. The van der Waals surface area contributed by atoms with Crippen LogP contribution in [0.5, 0.6) is 0 Å².